The van der Waals surface area contributed by atoms with Gasteiger partial charge >= 0.3 is 0 Å². The molecular weight excluding hydrogens is 326 g/mol. The average molecular weight is 347 g/mol. The smallest absolute Gasteiger partial charge is 0.261 e. The van der Waals surface area contributed by atoms with Gasteiger partial charge in [0.1, 0.15) is 5.82 Å². The molecule has 0 atom stereocenters. The van der Waals surface area contributed by atoms with Gasteiger partial charge in [0.25, 0.3) is 11.5 Å². The van der Waals surface area contributed by atoms with Crippen LogP contribution < -0.4 is 10.9 Å². The van der Waals surface area contributed by atoms with Crippen LogP contribution in [-0.4, -0.2) is 15.5 Å². The average Bonchev–Trinajstić information content (AvgIpc) is 2.60. The van der Waals surface area contributed by atoms with E-state index in [1.54, 1.807) is 22.8 Å². The minimum Gasteiger partial charge on any atom is -0.322 e. The first-order valence-electron chi connectivity index (χ1n) is 8.94. The number of nitrogens with one attached hydrogen (secondary N) is 1. The molecule has 0 radical (unpaired) electrons. The quantitative estimate of drug-likeness (QED) is 0.770. The SMILES string of the molecule is Cc1cc(C)cc(NC(=O)c2ccc3c(=O)n4c(nc3c2)CCCC4)c1. The van der Waals surface area contributed by atoms with Gasteiger partial charge in [-0.15, -0.1) is 0 Å². The van der Waals surface area contributed by atoms with E-state index in [1.165, 1.54) is 0 Å². The van der Waals surface area contributed by atoms with E-state index in [0.717, 1.165) is 48.4 Å². The van der Waals surface area contributed by atoms with Crippen LogP contribution in [0.1, 0.15) is 40.2 Å². The summed E-state index contributed by atoms with van der Waals surface area (Å²) in [4.78, 5) is 29.9. The topological polar surface area (TPSA) is 64.0 Å². The fourth-order valence-electron chi connectivity index (χ4n) is 3.63. The fraction of sp³-hybridized carbons (Fsp3) is 0.286. The maximum Gasteiger partial charge on any atom is 0.261 e. The summed E-state index contributed by atoms with van der Waals surface area (Å²) in [5.41, 5.74) is 4.05. The lowest BCUT2D eigenvalue weighted by atomic mass is 10.1. The van der Waals surface area contributed by atoms with Crippen LogP contribution in [0, 0.1) is 13.8 Å². The van der Waals surface area contributed by atoms with Crippen LogP contribution >= 0.6 is 0 Å². The zero-order chi connectivity index (χ0) is 18.3. The highest BCUT2D eigenvalue weighted by Crippen LogP contribution is 2.18. The monoisotopic (exact) mass is 347 g/mol. The Bertz CT molecular complexity index is 1060. The highest BCUT2D eigenvalue weighted by Gasteiger charge is 2.16. The van der Waals surface area contributed by atoms with Crippen LogP contribution in [0.2, 0.25) is 0 Å². The number of hydrogen-bond donors (Lipinski definition) is 1. The number of nitrogens with zero attached hydrogens (tertiary/aromatic N) is 2. The molecule has 2 heterocycles. The number of amides is 1. The van der Waals surface area contributed by atoms with Gasteiger partial charge in [0.15, 0.2) is 0 Å². The summed E-state index contributed by atoms with van der Waals surface area (Å²) in [5, 5.41) is 3.50. The number of rotatable bonds is 2. The molecular formula is C21H21N3O2. The van der Waals surface area contributed by atoms with E-state index in [0.29, 0.717) is 16.5 Å². The number of carbonyl (C=O) groups excluding carboxylic acids is 1. The van der Waals surface area contributed by atoms with Crippen LogP contribution in [0.25, 0.3) is 10.9 Å². The second kappa shape index (κ2) is 6.41. The normalized spacial score (nSPS) is 13.5. The molecule has 5 nitrogen and oxygen atoms in total. The minimum absolute atomic E-state index is 0.00836. The van der Waals surface area contributed by atoms with Crippen molar-refractivity contribution in [2.24, 2.45) is 0 Å². The molecule has 0 aliphatic carbocycles. The molecule has 1 amide bonds. The minimum atomic E-state index is -0.198. The number of aryl methyl sites for hydroxylation is 3. The van der Waals surface area contributed by atoms with Gasteiger partial charge in [-0.2, -0.15) is 0 Å². The lowest BCUT2D eigenvalue weighted by molar-refractivity contribution is 0.102. The van der Waals surface area contributed by atoms with Crippen molar-refractivity contribution in [3.63, 3.8) is 0 Å². The number of benzene rings is 2. The molecule has 4 rings (SSSR count). The number of hydrogen-bond acceptors (Lipinski definition) is 3. The van der Waals surface area contributed by atoms with Gasteiger partial charge in [0.05, 0.1) is 10.9 Å². The summed E-state index contributed by atoms with van der Waals surface area (Å²) >= 11 is 0. The number of fused-ring (bicyclic) bond motifs is 2. The van der Waals surface area contributed by atoms with Crippen molar-refractivity contribution in [2.75, 3.05) is 5.32 Å². The molecule has 1 aromatic heterocycles. The third-order valence-corrected chi connectivity index (χ3v) is 4.81. The Hall–Kier alpha value is -2.95. The Labute approximate surface area is 151 Å². The van der Waals surface area contributed by atoms with E-state index in [9.17, 15) is 9.59 Å². The zero-order valence-electron chi connectivity index (χ0n) is 15.0. The van der Waals surface area contributed by atoms with Crippen molar-refractivity contribution >= 4 is 22.5 Å². The Morgan fingerprint density at radius 2 is 1.85 bits per heavy atom. The number of aromatic nitrogens is 2. The highest BCUT2D eigenvalue weighted by molar-refractivity contribution is 6.06. The third kappa shape index (κ3) is 3.01. The molecule has 0 spiro atoms. The molecule has 0 saturated heterocycles. The van der Waals surface area contributed by atoms with Crippen LogP contribution in [0.5, 0.6) is 0 Å². The molecule has 132 valence electrons. The predicted molar refractivity (Wildman–Crippen MR) is 103 cm³/mol. The van der Waals surface area contributed by atoms with Crippen molar-refractivity contribution < 1.29 is 4.79 Å². The molecule has 26 heavy (non-hydrogen) atoms. The van der Waals surface area contributed by atoms with Gasteiger partial charge in [-0.25, -0.2) is 4.98 Å². The lowest BCUT2D eigenvalue weighted by Crippen LogP contribution is -2.28. The van der Waals surface area contributed by atoms with Gasteiger partial charge < -0.3 is 5.32 Å². The van der Waals surface area contributed by atoms with Crippen LogP contribution in [-0.2, 0) is 13.0 Å². The lowest BCUT2D eigenvalue weighted by Gasteiger charge is -2.17. The van der Waals surface area contributed by atoms with Crippen molar-refractivity contribution in [3.8, 4) is 0 Å². The summed E-state index contributed by atoms with van der Waals surface area (Å²) in [6.45, 7) is 4.73. The molecule has 5 heteroatoms. The first-order valence-corrected chi connectivity index (χ1v) is 8.94. The van der Waals surface area contributed by atoms with Gasteiger partial charge in [-0.05, 0) is 68.1 Å². The van der Waals surface area contributed by atoms with Gasteiger partial charge in [-0.3, -0.25) is 14.2 Å². The molecule has 0 saturated carbocycles. The molecule has 1 aliphatic rings. The molecule has 3 aromatic rings. The van der Waals surface area contributed by atoms with E-state index in [1.807, 2.05) is 26.0 Å². The maximum atomic E-state index is 12.6. The van der Waals surface area contributed by atoms with Crippen molar-refractivity contribution in [2.45, 2.75) is 39.7 Å². The summed E-state index contributed by atoms with van der Waals surface area (Å²) in [5.74, 6) is 0.622. The third-order valence-electron chi connectivity index (χ3n) is 4.81. The first kappa shape index (κ1) is 16.5. The molecule has 2 aromatic carbocycles. The van der Waals surface area contributed by atoms with Crippen LogP contribution in [0.15, 0.2) is 41.2 Å². The van der Waals surface area contributed by atoms with Crippen LogP contribution in [0.3, 0.4) is 0 Å². The van der Waals surface area contributed by atoms with E-state index in [-0.39, 0.29) is 11.5 Å². The van der Waals surface area contributed by atoms with E-state index >= 15 is 0 Å². The first-order chi connectivity index (χ1) is 12.5. The molecule has 1 aliphatic heterocycles. The summed E-state index contributed by atoms with van der Waals surface area (Å²) in [6.07, 6.45) is 2.87. The van der Waals surface area contributed by atoms with Crippen LogP contribution in [0.4, 0.5) is 5.69 Å². The summed E-state index contributed by atoms with van der Waals surface area (Å²) in [7, 11) is 0. The summed E-state index contributed by atoms with van der Waals surface area (Å²) < 4.78 is 1.76. The van der Waals surface area contributed by atoms with Crippen molar-refractivity contribution in [3.05, 3.63) is 69.3 Å². The van der Waals surface area contributed by atoms with Crippen molar-refractivity contribution in [1.82, 2.24) is 9.55 Å². The zero-order valence-corrected chi connectivity index (χ0v) is 15.0. The number of anilines is 1. The van der Waals surface area contributed by atoms with Gasteiger partial charge in [0.2, 0.25) is 0 Å². The van der Waals surface area contributed by atoms with E-state index < -0.39 is 0 Å². The highest BCUT2D eigenvalue weighted by atomic mass is 16.1. The summed E-state index contributed by atoms with van der Waals surface area (Å²) in [6, 6.07) is 11.1. The van der Waals surface area contributed by atoms with Gasteiger partial charge in [0, 0.05) is 24.2 Å². The Balaban J connectivity index is 1.70. The number of carbonyl (C=O) groups is 1. The Kier molecular flexibility index (Phi) is 4.07. The largest absolute Gasteiger partial charge is 0.322 e. The molecule has 0 bridgehead atoms. The standard InChI is InChI=1S/C21H21N3O2/c1-13-9-14(2)11-16(10-13)22-20(25)15-6-7-17-18(12-15)23-19-5-3-4-8-24(19)21(17)26/h6-7,9-12H,3-5,8H2,1-2H3,(H,22,25). The van der Waals surface area contributed by atoms with E-state index in [4.69, 9.17) is 0 Å². The second-order valence-corrected chi connectivity index (χ2v) is 7.00. The molecule has 0 unspecified atom stereocenters. The van der Waals surface area contributed by atoms with Gasteiger partial charge in [-0.1, -0.05) is 6.07 Å². The second-order valence-electron chi connectivity index (χ2n) is 7.00. The Morgan fingerprint density at radius 1 is 1.08 bits per heavy atom. The predicted octanol–water partition coefficient (Wildman–Crippen LogP) is 3.60. The fourth-order valence-corrected chi connectivity index (χ4v) is 3.63. The maximum absolute atomic E-state index is 12.6. The Morgan fingerprint density at radius 3 is 2.62 bits per heavy atom. The molecule has 0 fully saturated rings. The molecule has 1 N–H and O–H groups in total. The van der Waals surface area contributed by atoms with E-state index in [2.05, 4.69) is 16.4 Å². The van der Waals surface area contributed by atoms with Crippen molar-refractivity contribution in [1.29, 1.82) is 0 Å².